The molecular formula is C12H30O. The minimum absolute atomic E-state index is 0. The van der Waals surface area contributed by atoms with Crippen LogP contribution in [0.1, 0.15) is 61.3 Å². The molecule has 0 amide bonds. The summed E-state index contributed by atoms with van der Waals surface area (Å²) in [4.78, 5) is 0. The normalized spacial score (nSPS) is 20.5. The maximum absolute atomic E-state index is 5.31. The molecule has 1 aliphatic heterocycles. The van der Waals surface area contributed by atoms with Gasteiger partial charge < -0.3 is 4.74 Å². The van der Waals surface area contributed by atoms with Crippen LogP contribution in [-0.2, 0) is 4.74 Å². The highest BCUT2D eigenvalue weighted by Gasteiger charge is 2.05. The second kappa shape index (κ2) is 17.9. The summed E-state index contributed by atoms with van der Waals surface area (Å²) in [6, 6.07) is 0. The molecule has 1 rings (SSSR count). The van der Waals surface area contributed by atoms with E-state index in [1.165, 1.54) is 19.3 Å². The summed E-state index contributed by atoms with van der Waals surface area (Å²) in [6.45, 7) is 12.2. The predicted molar refractivity (Wildman–Crippen MR) is 63.3 cm³/mol. The Morgan fingerprint density at radius 1 is 1.00 bits per heavy atom. The zero-order valence-corrected chi connectivity index (χ0v) is 9.52. The van der Waals surface area contributed by atoms with Gasteiger partial charge in [0, 0.05) is 13.2 Å². The zero-order chi connectivity index (χ0) is 9.82. The molecular weight excluding hydrogens is 160 g/mol. The molecule has 0 N–H and O–H groups in total. The van der Waals surface area contributed by atoms with Crippen LogP contribution in [0, 0.1) is 5.92 Å². The number of hydrogen-bond donors (Lipinski definition) is 0. The molecule has 84 valence electrons. The van der Waals surface area contributed by atoms with Gasteiger partial charge in [0.2, 0.25) is 0 Å². The van der Waals surface area contributed by atoms with Crippen LogP contribution in [0.4, 0.5) is 0 Å². The van der Waals surface area contributed by atoms with Gasteiger partial charge >= 0.3 is 0 Å². The Morgan fingerprint density at radius 3 is 2.08 bits per heavy atom. The van der Waals surface area contributed by atoms with E-state index < -0.39 is 0 Å². The van der Waals surface area contributed by atoms with Crippen LogP contribution in [-0.4, -0.2) is 13.2 Å². The van der Waals surface area contributed by atoms with Crippen LogP contribution in [0.25, 0.3) is 0 Å². The highest BCUT2D eigenvalue weighted by molar-refractivity contribution is 4.55. The standard InChI is InChI=1S/C7H14O.2C2H6.CH4/c1-7-4-2-3-5-8-6-7;2*1-2;/h7H,2-6H2,1H3;2*1-2H3;1H4. The van der Waals surface area contributed by atoms with Crippen LogP contribution < -0.4 is 0 Å². The maximum Gasteiger partial charge on any atom is 0.0491 e. The molecule has 0 aliphatic carbocycles. The van der Waals surface area contributed by atoms with Crippen molar-refractivity contribution in [2.45, 2.75) is 61.3 Å². The Balaban J connectivity index is -0.000000178. The lowest BCUT2D eigenvalue weighted by molar-refractivity contribution is 0.121. The first-order chi connectivity index (χ1) is 5.89. The van der Waals surface area contributed by atoms with Gasteiger partial charge in [0.25, 0.3) is 0 Å². The highest BCUT2D eigenvalue weighted by Crippen LogP contribution is 2.11. The highest BCUT2D eigenvalue weighted by atomic mass is 16.5. The third-order valence-corrected chi connectivity index (χ3v) is 1.64. The van der Waals surface area contributed by atoms with E-state index in [1.54, 1.807) is 0 Å². The molecule has 1 nitrogen and oxygen atoms in total. The van der Waals surface area contributed by atoms with Crippen LogP contribution in [0.15, 0.2) is 0 Å². The monoisotopic (exact) mass is 190 g/mol. The minimum atomic E-state index is 0. The van der Waals surface area contributed by atoms with Crippen molar-refractivity contribution in [1.29, 1.82) is 0 Å². The van der Waals surface area contributed by atoms with E-state index in [9.17, 15) is 0 Å². The van der Waals surface area contributed by atoms with E-state index in [1.807, 2.05) is 27.7 Å². The van der Waals surface area contributed by atoms with Crippen LogP contribution in [0.3, 0.4) is 0 Å². The first-order valence-corrected chi connectivity index (χ1v) is 5.47. The molecule has 0 spiro atoms. The van der Waals surface area contributed by atoms with Crippen LogP contribution in [0.2, 0.25) is 0 Å². The summed E-state index contributed by atoms with van der Waals surface area (Å²) in [5.41, 5.74) is 0. The molecule has 0 aromatic carbocycles. The molecule has 1 saturated heterocycles. The van der Waals surface area contributed by atoms with Crippen molar-refractivity contribution < 1.29 is 4.74 Å². The van der Waals surface area contributed by atoms with Gasteiger partial charge in [-0.25, -0.2) is 0 Å². The molecule has 0 bridgehead atoms. The van der Waals surface area contributed by atoms with Crippen molar-refractivity contribution in [1.82, 2.24) is 0 Å². The van der Waals surface area contributed by atoms with Crippen LogP contribution >= 0.6 is 0 Å². The van der Waals surface area contributed by atoms with Crippen molar-refractivity contribution >= 4 is 0 Å². The molecule has 1 unspecified atom stereocenters. The fourth-order valence-corrected chi connectivity index (χ4v) is 1.06. The number of hydrogen-bond acceptors (Lipinski definition) is 1. The van der Waals surface area contributed by atoms with Crippen molar-refractivity contribution in [3.05, 3.63) is 0 Å². The van der Waals surface area contributed by atoms with Gasteiger partial charge in [-0.2, -0.15) is 0 Å². The summed E-state index contributed by atoms with van der Waals surface area (Å²) in [7, 11) is 0. The van der Waals surface area contributed by atoms with E-state index >= 15 is 0 Å². The van der Waals surface area contributed by atoms with Gasteiger partial charge in [0.05, 0.1) is 0 Å². The lowest BCUT2D eigenvalue weighted by Crippen LogP contribution is -2.00. The summed E-state index contributed by atoms with van der Waals surface area (Å²) in [6.07, 6.45) is 3.99. The van der Waals surface area contributed by atoms with Gasteiger partial charge in [0.15, 0.2) is 0 Å². The molecule has 1 aliphatic rings. The van der Waals surface area contributed by atoms with E-state index in [0.29, 0.717) is 0 Å². The molecule has 1 heterocycles. The Morgan fingerprint density at radius 2 is 1.54 bits per heavy atom. The third kappa shape index (κ3) is 14.8. The smallest absolute Gasteiger partial charge is 0.0491 e. The first kappa shape index (κ1) is 18.7. The molecule has 1 atom stereocenters. The second-order valence-corrected chi connectivity index (χ2v) is 2.68. The van der Waals surface area contributed by atoms with Gasteiger partial charge in [-0.05, 0) is 18.8 Å². The third-order valence-electron chi connectivity index (χ3n) is 1.64. The largest absolute Gasteiger partial charge is 0.381 e. The van der Waals surface area contributed by atoms with Crippen molar-refractivity contribution in [3.8, 4) is 0 Å². The van der Waals surface area contributed by atoms with Crippen molar-refractivity contribution in [2.24, 2.45) is 5.92 Å². The maximum atomic E-state index is 5.31. The Kier molecular flexibility index (Phi) is 25.7. The van der Waals surface area contributed by atoms with E-state index in [0.717, 1.165) is 19.1 Å². The lowest BCUT2D eigenvalue weighted by Gasteiger charge is -2.03. The fraction of sp³-hybridized carbons (Fsp3) is 1.00. The molecule has 1 fully saturated rings. The molecule has 0 saturated carbocycles. The van der Waals surface area contributed by atoms with E-state index in [2.05, 4.69) is 6.92 Å². The topological polar surface area (TPSA) is 9.23 Å². The van der Waals surface area contributed by atoms with Gasteiger partial charge in [0.1, 0.15) is 0 Å². The summed E-state index contributed by atoms with van der Waals surface area (Å²) in [5, 5.41) is 0. The number of rotatable bonds is 0. The first-order valence-electron chi connectivity index (χ1n) is 5.47. The molecule has 0 aromatic rings. The second-order valence-electron chi connectivity index (χ2n) is 2.68. The fourth-order valence-electron chi connectivity index (χ4n) is 1.06. The van der Waals surface area contributed by atoms with E-state index in [-0.39, 0.29) is 7.43 Å². The van der Waals surface area contributed by atoms with Crippen LogP contribution in [0.5, 0.6) is 0 Å². The van der Waals surface area contributed by atoms with Gasteiger partial charge in [-0.1, -0.05) is 48.5 Å². The van der Waals surface area contributed by atoms with Crippen molar-refractivity contribution in [2.75, 3.05) is 13.2 Å². The Bertz CT molecular complexity index is 54.1. The molecule has 0 radical (unpaired) electrons. The quantitative estimate of drug-likeness (QED) is 0.546. The Labute approximate surface area is 85.9 Å². The SMILES string of the molecule is C.CC.CC.CC1CCCCOC1. The van der Waals surface area contributed by atoms with E-state index in [4.69, 9.17) is 4.74 Å². The average Bonchev–Trinajstić information content (AvgIpc) is 2.40. The summed E-state index contributed by atoms with van der Waals surface area (Å²) in [5.74, 6) is 0.803. The lowest BCUT2D eigenvalue weighted by atomic mass is 10.1. The summed E-state index contributed by atoms with van der Waals surface area (Å²) < 4.78 is 5.31. The zero-order valence-electron chi connectivity index (χ0n) is 9.52. The predicted octanol–water partition coefficient (Wildman–Crippen LogP) is 4.51. The molecule has 13 heavy (non-hydrogen) atoms. The summed E-state index contributed by atoms with van der Waals surface area (Å²) >= 11 is 0. The van der Waals surface area contributed by atoms with Gasteiger partial charge in [-0.3, -0.25) is 0 Å². The minimum Gasteiger partial charge on any atom is -0.381 e. The molecule has 0 aromatic heterocycles. The Hall–Kier alpha value is -0.0400. The van der Waals surface area contributed by atoms with Crippen molar-refractivity contribution in [3.63, 3.8) is 0 Å². The molecule has 1 heteroatoms. The average molecular weight is 190 g/mol. The van der Waals surface area contributed by atoms with Gasteiger partial charge in [-0.15, -0.1) is 0 Å². The number of ether oxygens (including phenoxy) is 1.